The molecule has 8 heteroatoms. The van der Waals surface area contributed by atoms with Crippen LogP contribution in [0.4, 0.5) is 0 Å². The van der Waals surface area contributed by atoms with Crippen molar-refractivity contribution in [3.8, 4) is 17.0 Å². The molecule has 0 spiro atoms. The summed E-state index contributed by atoms with van der Waals surface area (Å²) in [5, 5.41) is 29.2. The minimum atomic E-state index is -0.656. The van der Waals surface area contributed by atoms with Crippen molar-refractivity contribution in [2.24, 2.45) is 0 Å². The lowest BCUT2D eigenvalue weighted by atomic mass is 10.1. The second kappa shape index (κ2) is 5.90. The van der Waals surface area contributed by atoms with Crippen molar-refractivity contribution in [3.05, 3.63) is 36.0 Å². The van der Waals surface area contributed by atoms with Crippen LogP contribution < -0.4 is 5.32 Å². The average Bonchev–Trinajstić information content (AvgIpc) is 3.27. The number of nitrogens with one attached hydrogen (secondary N) is 2. The van der Waals surface area contributed by atoms with Gasteiger partial charge in [0.15, 0.2) is 0 Å². The Balaban J connectivity index is 1.47. The molecule has 3 heterocycles. The Labute approximate surface area is 137 Å². The smallest absolute Gasteiger partial charge is 0.269 e. The lowest BCUT2D eigenvalue weighted by Gasteiger charge is -2.16. The first kappa shape index (κ1) is 15.1. The minimum Gasteiger partial charge on any atom is -0.507 e. The number of benzene rings is 1. The Hall–Kier alpha value is -2.42. The third kappa shape index (κ3) is 2.54. The van der Waals surface area contributed by atoms with Gasteiger partial charge in [-0.3, -0.25) is 9.89 Å². The van der Waals surface area contributed by atoms with Crippen molar-refractivity contribution in [1.29, 1.82) is 0 Å². The Kier molecular flexibility index (Phi) is 3.72. The Morgan fingerprint density at radius 1 is 1.25 bits per heavy atom. The SMILES string of the molecule is O=C(N[C@H]1CO[C@H]2[C@@H]1OC[C@H]2O)c1cc(-c2ccccc2O)n[nH]1. The summed E-state index contributed by atoms with van der Waals surface area (Å²) in [5.74, 6) is -0.250. The number of ether oxygens (including phenoxy) is 2. The van der Waals surface area contributed by atoms with Gasteiger partial charge in [-0.15, -0.1) is 0 Å². The molecule has 0 radical (unpaired) electrons. The maximum absolute atomic E-state index is 12.4. The number of phenolic OH excluding ortho intramolecular Hbond substituents is 1. The maximum Gasteiger partial charge on any atom is 0.269 e. The van der Waals surface area contributed by atoms with Gasteiger partial charge in [-0.25, -0.2) is 0 Å². The van der Waals surface area contributed by atoms with Gasteiger partial charge >= 0.3 is 0 Å². The highest BCUT2D eigenvalue weighted by molar-refractivity contribution is 5.93. The van der Waals surface area contributed by atoms with E-state index in [-0.39, 0.29) is 36.1 Å². The molecular weight excluding hydrogens is 314 g/mol. The van der Waals surface area contributed by atoms with Crippen molar-refractivity contribution >= 4 is 5.91 Å². The van der Waals surface area contributed by atoms with Gasteiger partial charge in [0.2, 0.25) is 0 Å². The zero-order valence-corrected chi connectivity index (χ0v) is 12.7. The number of amides is 1. The zero-order valence-electron chi connectivity index (χ0n) is 12.7. The number of hydrogen-bond donors (Lipinski definition) is 4. The number of carbonyl (C=O) groups is 1. The van der Waals surface area contributed by atoms with Crippen LogP contribution >= 0.6 is 0 Å². The number of aromatic amines is 1. The van der Waals surface area contributed by atoms with Crippen LogP contribution in [0.1, 0.15) is 10.5 Å². The third-order valence-corrected chi connectivity index (χ3v) is 4.35. The Bertz CT molecular complexity index is 762. The lowest BCUT2D eigenvalue weighted by molar-refractivity contribution is 0.0178. The van der Waals surface area contributed by atoms with Crippen molar-refractivity contribution in [3.63, 3.8) is 0 Å². The van der Waals surface area contributed by atoms with Crippen LogP contribution in [-0.4, -0.2) is 63.9 Å². The fourth-order valence-corrected chi connectivity index (χ4v) is 3.12. The van der Waals surface area contributed by atoms with Gasteiger partial charge in [0, 0.05) is 5.56 Å². The number of fused-ring (bicyclic) bond motifs is 1. The standard InChI is InChI=1S/C16H17N3O5/c20-12-4-2-1-3-8(12)9-5-10(19-18-9)16(22)17-11-6-23-15-13(21)7-24-14(11)15/h1-5,11,13-15,20-21H,6-7H2,(H,17,22)(H,18,19)/t11-,13+,14+,15+/m0/s1. The molecule has 2 aliphatic rings. The van der Waals surface area contributed by atoms with E-state index < -0.39 is 12.2 Å². The summed E-state index contributed by atoms with van der Waals surface area (Å²) in [6, 6.07) is 8.02. The molecule has 4 atom stereocenters. The van der Waals surface area contributed by atoms with E-state index in [9.17, 15) is 15.0 Å². The summed E-state index contributed by atoms with van der Waals surface area (Å²) >= 11 is 0. The number of para-hydroxylation sites is 1. The number of aromatic nitrogens is 2. The van der Waals surface area contributed by atoms with Crippen LogP contribution in [0.3, 0.4) is 0 Å². The molecule has 24 heavy (non-hydrogen) atoms. The highest BCUT2D eigenvalue weighted by Crippen LogP contribution is 2.28. The molecule has 1 amide bonds. The molecule has 1 aromatic heterocycles. The predicted octanol–water partition coefficient (Wildman–Crippen LogP) is 0.0392. The number of carbonyl (C=O) groups excluding carboxylic acids is 1. The molecular formula is C16H17N3O5. The third-order valence-electron chi connectivity index (χ3n) is 4.35. The van der Waals surface area contributed by atoms with E-state index in [1.807, 2.05) is 0 Å². The van der Waals surface area contributed by atoms with Crippen LogP contribution in [0, 0.1) is 0 Å². The molecule has 4 rings (SSSR count). The van der Waals surface area contributed by atoms with Crippen LogP contribution in [0.25, 0.3) is 11.3 Å². The largest absolute Gasteiger partial charge is 0.507 e. The van der Waals surface area contributed by atoms with E-state index in [0.29, 0.717) is 17.9 Å². The Morgan fingerprint density at radius 3 is 2.88 bits per heavy atom. The van der Waals surface area contributed by atoms with Gasteiger partial charge in [0.1, 0.15) is 29.8 Å². The summed E-state index contributed by atoms with van der Waals surface area (Å²) in [4.78, 5) is 12.4. The minimum absolute atomic E-state index is 0.0938. The lowest BCUT2D eigenvalue weighted by Crippen LogP contribution is -2.44. The van der Waals surface area contributed by atoms with Crippen LogP contribution in [0.2, 0.25) is 0 Å². The second-order valence-electron chi connectivity index (χ2n) is 5.93. The molecule has 8 nitrogen and oxygen atoms in total. The van der Waals surface area contributed by atoms with E-state index in [0.717, 1.165) is 0 Å². The number of hydrogen-bond acceptors (Lipinski definition) is 6. The molecule has 126 valence electrons. The van der Waals surface area contributed by atoms with Crippen molar-refractivity contribution in [2.45, 2.75) is 24.4 Å². The number of aromatic hydroxyl groups is 1. The summed E-state index contributed by atoms with van der Waals surface area (Å²) in [7, 11) is 0. The summed E-state index contributed by atoms with van der Waals surface area (Å²) in [6.07, 6.45) is -1.39. The molecule has 0 unspecified atom stereocenters. The second-order valence-corrected chi connectivity index (χ2v) is 5.93. The predicted molar refractivity (Wildman–Crippen MR) is 82.4 cm³/mol. The highest BCUT2D eigenvalue weighted by Gasteiger charge is 2.47. The number of aliphatic hydroxyl groups is 1. The molecule has 0 aliphatic carbocycles. The maximum atomic E-state index is 12.4. The van der Waals surface area contributed by atoms with Crippen LogP contribution in [0.5, 0.6) is 5.75 Å². The van der Waals surface area contributed by atoms with Gasteiger partial charge in [0.05, 0.1) is 24.9 Å². The van der Waals surface area contributed by atoms with Crippen molar-refractivity contribution in [2.75, 3.05) is 13.2 Å². The van der Waals surface area contributed by atoms with E-state index >= 15 is 0 Å². The van der Waals surface area contributed by atoms with E-state index in [4.69, 9.17) is 9.47 Å². The number of H-pyrrole nitrogens is 1. The number of rotatable bonds is 3. The first-order valence-corrected chi connectivity index (χ1v) is 7.69. The molecule has 4 N–H and O–H groups in total. The summed E-state index contributed by atoms with van der Waals surface area (Å²) < 4.78 is 11.0. The fourth-order valence-electron chi connectivity index (χ4n) is 3.12. The molecule has 1 aromatic carbocycles. The van der Waals surface area contributed by atoms with E-state index in [1.165, 1.54) is 0 Å². The van der Waals surface area contributed by atoms with Crippen molar-refractivity contribution < 1.29 is 24.5 Å². The molecule has 2 aliphatic heterocycles. The van der Waals surface area contributed by atoms with Gasteiger partial charge in [0.25, 0.3) is 5.91 Å². The van der Waals surface area contributed by atoms with Crippen molar-refractivity contribution in [1.82, 2.24) is 15.5 Å². The van der Waals surface area contributed by atoms with Crippen LogP contribution in [0.15, 0.2) is 30.3 Å². The molecule has 2 fully saturated rings. The summed E-state index contributed by atoms with van der Waals surface area (Å²) in [6.45, 7) is 0.502. The number of aliphatic hydroxyl groups excluding tert-OH is 1. The zero-order chi connectivity index (χ0) is 16.7. The van der Waals surface area contributed by atoms with Gasteiger partial charge in [-0.2, -0.15) is 5.10 Å². The molecule has 0 bridgehead atoms. The summed E-state index contributed by atoms with van der Waals surface area (Å²) in [5.41, 5.74) is 1.29. The van der Waals surface area contributed by atoms with Crippen LogP contribution in [-0.2, 0) is 9.47 Å². The Morgan fingerprint density at radius 2 is 2.04 bits per heavy atom. The van der Waals surface area contributed by atoms with E-state index in [1.54, 1.807) is 30.3 Å². The molecule has 2 aromatic rings. The first-order chi connectivity index (χ1) is 11.6. The van der Waals surface area contributed by atoms with E-state index in [2.05, 4.69) is 15.5 Å². The highest BCUT2D eigenvalue weighted by atomic mass is 16.6. The average molecular weight is 331 g/mol. The first-order valence-electron chi connectivity index (χ1n) is 7.69. The normalized spacial score (nSPS) is 28.7. The van der Waals surface area contributed by atoms with Gasteiger partial charge in [-0.1, -0.05) is 12.1 Å². The topological polar surface area (TPSA) is 117 Å². The number of phenols is 1. The molecule has 0 saturated carbocycles. The van der Waals surface area contributed by atoms with Gasteiger partial charge in [-0.05, 0) is 18.2 Å². The number of nitrogens with zero attached hydrogens (tertiary/aromatic N) is 1. The molecule has 2 saturated heterocycles. The van der Waals surface area contributed by atoms with Gasteiger partial charge < -0.3 is 25.0 Å². The quantitative estimate of drug-likeness (QED) is 0.631. The monoisotopic (exact) mass is 331 g/mol. The fraction of sp³-hybridized carbons (Fsp3) is 0.375.